The highest BCUT2D eigenvalue weighted by Gasteiger charge is 2.26. The van der Waals surface area contributed by atoms with Crippen LogP contribution in [0.1, 0.15) is 42.8 Å². The van der Waals surface area contributed by atoms with Crippen LogP contribution in [0.3, 0.4) is 0 Å². The number of furan rings is 1. The Bertz CT molecular complexity index is 358. The molecule has 0 saturated carbocycles. The predicted molar refractivity (Wildman–Crippen MR) is 65.9 cm³/mol. The lowest BCUT2D eigenvalue weighted by atomic mass is 9.83. The lowest BCUT2D eigenvalue weighted by molar-refractivity contribution is 0.0850. The molecule has 0 spiro atoms. The minimum atomic E-state index is -0.215. The van der Waals surface area contributed by atoms with Gasteiger partial charge in [0.25, 0.3) is 5.91 Å². The molecule has 0 radical (unpaired) electrons. The monoisotopic (exact) mass is 239 g/mol. The van der Waals surface area contributed by atoms with E-state index in [1.165, 1.54) is 6.26 Å². The highest BCUT2D eigenvalue weighted by Crippen LogP contribution is 2.24. The summed E-state index contributed by atoms with van der Waals surface area (Å²) in [5.74, 6) is 0.473. The van der Waals surface area contributed by atoms with Crippen LogP contribution in [-0.4, -0.2) is 24.2 Å². The zero-order valence-corrected chi connectivity index (χ0v) is 10.7. The first kappa shape index (κ1) is 13.8. The number of aliphatic hydroxyl groups excluding tert-OH is 1. The third kappa shape index (κ3) is 3.09. The fourth-order valence-electron chi connectivity index (χ4n) is 1.76. The van der Waals surface area contributed by atoms with Gasteiger partial charge in [0.2, 0.25) is 0 Å². The summed E-state index contributed by atoms with van der Waals surface area (Å²) in [5.41, 5.74) is 0.344. The Labute approximate surface area is 102 Å². The fraction of sp³-hybridized carbons (Fsp3) is 0.615. The van der Waals surface area contributed by atoms with Gasteiger partial charge in [0.1, 0.15) is 5.76 Å². The van der Waals surface area contributed by atoms with Crippen molar-refractivity contribution < 1.29 is 14.3 Å². The van der Waals surface area contributed by atoms with Crippen LogP contribution >= 0.6 is 0 Å². The van der Waals surface area contributed by atoms with Crippen LogP contribution in [0.15, 0.2) is 16.7 Å². The second-order valence-corrected chi connectivity index (χ2v) is 4.44. The molecule has 4 heteroatoms. The van der Waals surface area contributed by atoms with E-state index in [9.17, 15) is 9.90 Å². The largest absolute Gasteiger partial charge is 0.469 e. The van der Waals surface area contributed by atoms with Crippen LogP contribution in [-0.2, 0) is 0 Å². The molecule has 1 aromatic heterocycles. The molecule has 0 atom stereocenters. The molecule has 1 aromatic rings. The Kier molecular flexibility index (Phi) is 4.75. The summed E-state index contributed by atoms with van der Waals surface area (Å²) in [7, 11) is 0. The SMILES string of the molecule is CCC(CC)(CO)CNC(=O)c1ccoc1C. The first-order valence-electron chi connectivity index (χ1n) is 6.01. The average Bonchev–Trinajstić information content (AvgIpc) is 2.78. The normalized spacial score (nSPS) is 11.5. The summed E-state index contributed by atoms with van der Waals surface area (Å²) in [6, 6.07) is 1.66. The maximum Gasteiger partial charge on any atom is 0.254 e. The number of hydrogen-bond acceptors (Lipinski definition) is 3. The minimum Gasteiger partial charge on any atom is -0.469 e. The number of aryl methyl sites for hydroxylation is 1. The van der Waals surface area contributed by atoms with Crippen molar-refractivity contribution in [2.75, 3.05) is 13.2 Å². The van der Waals surface area contributed by atoms with Gasteiger partial charge in [-0.15, -0.1) is 0 Å². The number of nitrogens with one attached hydrogen (secondary N) is 1. The number of aliphatic hydroxyl groups is 1. The van der Waals surface area contributed by atoms with Crippen molar-refractivity contribution in [2.45, 2.75) is 33.6 Å². The lowest BCUT2D eigenvalue weighted by Gasteiger charge is -2.29. The predicted octanol–water partition coefficient (Wildman–Crippen LogP) is 2.12. The Balaban J connectivity index is 2.62. The Morgan fingerprint density at radius 2 is 2.12 bits per heavy atom. The molecular formula is C13H21NO3. The zero-order valence-electron chi connectivity index (χ0n) is 10.7. The van der Waals surface area contributed by atoms with Gasteiger partial charge in [0, 0.05) is 12.0 Å². The second-order valence-electron chi connectivity index (χ2n) is 4.44. The van der Waals surface area contributed by atoms with Crippen molar-refractivity contribution in [3.05, 3.63) is 23.7 Å². The summed E-state index contributed by atoms with van der Waals surface area (Å²) >= 11 is 0. The van der Waals surface area contributed by atoms with Crippen molar-refractivity contribution in [3.8, 4) is 0 Å². The van der Waals surface area contributed by atoms with E-state index in [4.69, 9.17) is 4.42 Å². The van der Waals surface area contributed by atoms with Gasteiger partial charge >= 0.3 is 0 Å². The second kappa shape index (κ2) is 5.87. The van der Waals surface area contributed by atoms with Gasteiger partial charge in [-0.05, 0) is 25.8 Å². The zero-order chi connectivity index (χ0) is 12.9. The molecule has 1 heterocycles. The number of carbonyl (C=O) groups excluding carboxylic acids is 1. The van der Waals surface area contributed by atoms with E-state index in [0.29, 0.717) is 17.9 Å². The van der Waals surface area contributed by atoms with Crippen molar-refractivity contribution in [3.63, 3.8) is 0 Å². The number of rotatable bonds is 6. The molecule has 4 nitrogen and oxygen atoms in total. The number of hydrogen-bond donors (Lipinski definition) is 2. The van der Waals surface area contributed by atoms with Crippen LogP contribution in [0.4, 0.5) is 0 Å². The van der Waals surface area contributed by atoms with Gasteiger partial charge in [-0.2, -0.15) is 0 Å². The summed E-state index contributed by atoms with van der Waals surface area (Å²) in [5, 5.41) is 12.3. The Hall–Kier alpha value is -1.29. The van der Waals surface area contributed by atoms with E-state index in [2.05, 4.69) is 5.32 Å². The van der Waals surface area contributed by atoms with Gasteiger partial charge in [-0.1, -0.05) is 13.8 Å². The topological polar surface area (TPSA) is 62.5 Å². The molecule has 2 N–H and O–H groups in total. The van der Waals surface area contributed by atoms with Gasteiger partial charge in [0.05, 0.1) is 18.4 Å². The molecule has 0 unspecified atom stereocenters. The summed E-state index contributed by atoms with van der Waals surface area (Å²) in [4.78, 5) is 11.9. The maximum atomic E-state index is 11.9. The maximum absolute atomic E-state index is 11.9. The third-order valence-electron chi connectivity index (χ3n) is 3.56. The van der Waals surface area contributed by atoms with Crippen molar-refractivity contribution in [1.29, 1.82) is 0 Å². The Morgan fingerprint density at radius 1 is 1.47 bits per heavy atom. The van der Waals surface area contributed by atoms with E-state index in [1.807, 2.05) is 13.8 Å². The first-order valence-corrected chi connectivity index (χ1v) is 6.01. The van der Waals surface area contributed by atoms with Crippen LogP contribution in [0, 0.1) is 12.3 Å². The van der Waals surface area contributed by atoms with E-state index in [-0.39, 0.29) is 17.9 Å². The lowest BCUT2D eigenvalue weighted by Crippen LogP contribution is -2.39. The molecule has 1 rings (SSSR count). The first-order chi connectivity index (χ1) is 8.08. The summed E-state index contributed by atoms with van der Waals surface area (Å²) in [6.07, 6.45) is 3.18. The van der Waals surface area contributed by atoms with E-state index in [0.717, 1.165) is 12.8 Å². The quantitative estimate of drug-likeness (QED) is 0.799. The molecule has 0 aliphatic rings. The van der Waals surface area contributed by atoms with Crippen LogP contribution < -0.4 is 5.32 Å². The van der Waals surface area contributed by atoms with Crippen LogP contribution in [0.5, 0.6) is 0 Å². The number of amides is 1. The smallest absolute Gasteiger partial charge is 0.254 e. The molecule has 0 aromatic carbocycles. The highest BCUT2D eigenvalue weighted by molar-refractivity contribution is 5.95. The Morgan fingerprint density at radius 3 is 2.53 bits per heavy atom. The van der Waals surface area contributed by atoms with Gasteiger partial charge in [0.15, 0.2) is 0 Å². The van der Waals surface area contributed by atoms with E-state index >= 15 is 0 Å². The fourth-order valence-corrected chi connectivity index (χ4v) is 1.76. The average molecular weight is 239 g/mol. The molecule has 1 amide bonds. The molecule has 96 valence electrons. The summed E-state index contributed by atoms with van der Waals surface area (Å²) < 4.78 is 5.09. The summed E-state index contributed by atoms with van der Waals surface area (Å²) in [6.45, 7) is 6.38. The van der Waals surface area contributed by atoms with E-state index < -0.39 is 0 Å². The standard InChI is InChI=1S/C13H21NO3/c1-4-13(5-2,9-15)8-14-12(16)11-6-7-17-10(11)3/h6-7,15H,4-5,8-9H2,1-3H3,(H,14,16). The number of carbonyl (C=O) groups is 1. The van der Waals surface area contributed by atoms with E-state index in [1.54, 1.807) is 13.0 Å². The molecule has 0 fully saturated rings. The van der Waals surface area contributed by atoms with Crippen LogP contribution in [0.2, 0.25) is 0 Å². The van der Waals surface area contributed by atoms with Gasteiger partial charge < -0.3 is 14.8 Å². The third-order valence-corrected chi connectivity index (χ3v) is 3.56. The minimum absolute atomic E-state index is 0.0879. The van der Waals surface area contributed by atoms with Gasteiger partial charge in [-0.25, -0.2) is 0 Å². The van der Waals surface area contributed by atoms with Crippen LogP contribution in [0.25, 0.3) is 0 Å². The molecule has 0 bridgehead atoms. The van der Waals surface area contributed by atoms with Crippen molar-refractivity contribution in [2.24, 2.45) is 5.41 Å². The van der Waals surface area contributed by atoms with Crippen molar-refractivity contribution >= 4 is 5.91 Å². The molecule has 0 aliphatic heterocycles. The molecule has 0 saturated heterocycles. The molecule has 17 heavy (non-hydrogen) atoms. The van der Waals surface area contributed by atoms with Crippen molar-refractivity contribution in [1.82, 2.24) is 5.32 Å². The molecular weight excluding hydrogens is 218 g/mol. The highest BCUT2D eigenvalue weighted by atomic mass is 16.3. The molecule has 0 aliphatic carbocycles. The van der Waals surface area contributed by atoms with Gasteiger partial charge in [-0.3, -0.25) is 4.79 Å².